The summed E-state index contributed by atoms with van der Waals surface area (Å²) in [6.07, 6.45) is 0. The lowest BCUT2D eigenvalue weighted by Gasteiger charge is -2.10. The van der Waals surface area contributed by atoms with Crippen LogP contribution in [0.3, 0.4) is 0 Å². The standard InChI is InChI=1S/C15H16ClN3O/c1-10-5-6-14(13(16)7-10)18-9-11-3-2-4-12(8-11)15(17)19-20/h2-8,18,20H,9H2,1H3,(H2,17,19). The van der Waals surface area contributed by atoms with Crippen LogP contribution in [0.25, 0.3) is 0 Å². The highest BCUT2D eigenvalue weighted by Crippen LogP contribution is 2.23. The highest BCUT2D eigenvalue weighted by molar-refractivity contribution is 6.33. The minimum Gasteiger partial charge on any atom is -0.409 e. The van der Waals surface area contributed by atoms with Crippen LogP contribution in [0.1, 0.15) is 16.7 Å². The number of nitrogens with two attached hydrogens (primary N) is 1. The largest absolute Gasteiger partial charge is 0.409 e. The molecule has 4 nitrogen and oxygen atoms in total. The van der Waals surface area contributed by atoms with E-state index >= 15 is 0 Å². The number of anilines is 1. The molecule has 0 saturated heterocycles. The maximum atomic E-state index is 8.68. The van der Waals surface area contributed by atoms with Crippen molar-refractivity contribution in [2.75, 3.05) is 5.32 Å². The fourth-order valence-corrected chi connectivity index (χ4v) is 2.16. The molecule has 0 aliphatic carbocycles. The predicted octanol–water partition coefficient (Wildman–Crippen LogP) is 3.36. The Labute approximate surface area is 122 Å². The van der Waals surface area contributed by atoms with E-state index in [-0.39, 0.29) is 5.84 Å². The van der Waals surface area contributed by atoms with Crippen molar-refractivity contribution < 1.29 is 5.21 Å². The molecule has 0 spiro atoms. The molecule has 5 heteroatoms. The summed E-state index contributed by atoms with van der Waals surface area (Å²) in [4.78, 5) is 0. The Morgan fingerprint density at radius 1 is 1.30 bits per heavy atom. The van der Waals surface area contributed by atoms with Crippen LogP contribution in [0.5, 0.6) is 0 Å². The zero-order valence-corrected chi connectivity index (χ0v) is 11.9. The van der Waals surface area contributed by atoms with Crippen LogP contribution >= 0.6 is 11.6 Å². The van der Waals surface area contributed by atoms with Crippen LogP contribution in [0.4, 0.5) is 5.69 Å². The number of nitrogens with zero attached hydrogens (tertiary/aromatic N) is 1. The van der Waals surface area contributed by atoms with E-state index in [1.165, 1.54) is 0 Å². The molecule has 0 fully saturated rings. The third-order valence-corrected chi connectivity index (χ3v) is 3.25. The summed E-state index contributed by atoms with van der Waals surface area (Å²) in [5.74, 6) is 0.0974. The van der Waals surface area contributed by atoms with Gasteiger partial charge < -0.3 is 16.3 Å². The minimum absolute atomic E-state index is 0.0974. The molecule has 20 heavy (non-hydrogen) atoms. The average Bonchev–Trinajstić information content (AvgIpc) is 2.46. The Balaban J connectivity index is 2.11. The van der Waals surface area contributed by atoms with E-state index in [2.05, 4.69) is 10.5 Å². The number of halogens is 1. The molecule has 2 aromatic rings. The van der Waals surface area contributed by atoms with Gasteiger partial charge in [-0.15, -0.1) is 0 Å². The fourth-order valence-electron chi connectivity index (χ4n) is 1.86. The van der Waals surface area contributed by atoms with Gasteiger partial charge >= 0.3 is 0 Å². The first-order chi connectivity index (χ1) is 9.60. The summed E-state index contributed by atoms with van der Waals surface area (Å²) in [6, 6.07) is 13.3. The molecule has 0 saturated carbocycles. The van der Waals surface area contributed by atoms with Gasteiger partial charge in [0.1, 0.15) is 0 Å². The predicted molar refractivity (Wildman–Crippen MR) is 82.5 cm³/mol. The topological polar surface area (TPSA) is 70.6 Å². The van der Waals surface area contributed by atoms with Crippen LogP contribution in [0.2, 0.25) is 5.02 Å². The molecular formula is C15H16ClN3O. The zero-order chi connectivity index (χ0) is 14.5. The van der Waals surface area contributed by atoms with E-state index in [1.54, 1.807) is 6.07 Å². The van der Waals surface area contributed by atoms with Crippen molar-refractivity contribution in [1.82, 2.24) is 0 Å². The molecule has 0 atom stereocenters. The lowest BCUT2D eigenvalue weighted by atomic mass is 10.1. The van der Waals surface area contributed by atoms with Crippen molar-refractivity contribution in [2.24, 2.45) is 10.9 Å². The second-order valence-corrected chi connectivity index (χ2v) is 4.93. The zero-order valence-electron chi connectivity index (χ0n) is 11.1. The van der Waals surface area contributed by atoms with Crippen LogP contribution in [0, 0.1) is 6.92 Å². The Hall–Kier alpha value is -2.20. The van der Waals surface area contributed by atoms with Gasteiger partial charge in [0.05, 0.1) is 10.7 Å². The second-order valence-electron chi connectivity index (χ2n) is 4.52. The number of benzene rings is 2. The van der Waals surface area contributed by atoms with Gasteiger partial charge in [0.25, 0.3) is 0 Å². The summed E-state index contributed by atoms with van der Waals surface area (Å²) >= 11 is 6.17. The molecule has 0 heterocycles. The summed E-state index contributed by atoms with van der Waals surface area (Å²) in [5, 5.41) is 15.6. The SMILES string of the molecule is Cc1ccc(NCc2cccc(C(N)=NO)c2)c(Cl)c1. The van der Waals surface area contributed by atoms with Gasteiger partial charge in [-0.25, -0.2) is 0 Å². The van der Waals surface area contributed by atoms with E-state index in [1.807, 2.05) is 43.3 Å². The van der Waals surface area contributed by atoms with Crippen LogP contribution in [-0.2, 0) is 6.54 Å². The third kappa shape index (κ3) is 3.42. The number of oxime groups is 1. The van der Waals surface area contributed by atoms with E-state index in [4.69, 9.17) is 22.5 Å². The van der Waals surface area contributed by atoms with Gasteiger partial charge in [0, 0.05) is 12.1 Å². The Morgan fingerprint density at radius 3 is 2.80 bits per heavy atom. The molecule has 0 radical (unpaired) electrons. The third-order valence-electron chi connectivity index (χ3n) is 2.94. The first-order valence-corrected chi connectivity index (χ1v) is 6.55. The van der Waals surface area contributed by atoms with Crippen LogP contribution < -0.4 is 11.1 Å². The Morgan fingerprint density at radius 2 is 2.10 bits per heavy atom. The number of rotatable bonds is 4. The van der Waals surface area contributed by atoms with Crippen molar-refractivity contribution in [3.63, 3.8) is 0 Å². The van der Waals surface area contributed by atoms with E-state index in [0.717, 1.165) is 16.8 Å². The van der Waals surface area contributed by atoms with E-state index < -0.39 is 0 Å². The maximum absolute atomic E-state index is 8.68. The highest BCUT2D eigenvalue weighted by atomic mass is 35.5. The normalized spacial score (nSPS) is 11.4. The van der Waals surface area contributed by atoms with Crippen molar-refractivity contribution in [2.45, 2.75) is 13.5 Å². The van der Waals surface area contributed by atoms with Crippen molar-refractivity contribution >= 4 is 23.1 Å². The first kappa shape index (κ1) is 14.2. The van der Waals surface area contributed by atoms with Gasteiger partial charge in [-0.3, -0.25) is 0 Å². The summed E-state index contributed by atoms with van der Waals surface area (Å²) in [7, 11) is 0. The fraction of sp³-hybridized carbons (Fsp3) is 0.133. The molecule has 2 rings (SSSR count). The van der Waals surface area contributed by atoms with Gasteiger partial charge in [0.15, 0.2) is 5.84 Å². The molecule has 4 N–H and O–H groups in total. The summed E-state index contributed by atoms with van der Waals surface area (Å²) in [5.41, 5.74) is 9.27. The number of amidine groups is 1. The van der Waals surface area contributed by atoms with Crippen molar-refractivity contribution in [3.8, 4) is 0 Å². The number of hydrogen-bond donors (Lipinski definition) is 3. The van der Waals surface area contributed by atoms with Gasteiger partial charge in [-0.1, -0.05) is 41.0 Å². The van der Waals surface area contributed by atoms with Crippen molar-refractivity contribution in [1.29, 1.82) is 0 Å². The molecule has 0 aliphatic rings. The number of nitrogens with one attached hydrogen (secondary N) is 1. The summed E-state index contributed by atoms with van der Waals surface area (Å²) in [6.45, 7) is 2.60. The summed E-state index contributed by atoms with van der Waals surface area (Å²) < 4.78 is 0. The second kappa shape index (κ2) is 6.30. The van der Waals surface area contributed by atoms with Crippen LogP contribution in [-0.4, -0.2) is 11.0 Å². The smallest absolute Gasteiger partial charge is 0.170 e. The van der Waals surface area contributed by atoms with Gasteiger partial charge in [0.2, 0.25) is 0 Å². The number of aryl methyl sites for hydroxylation is 1. The molecule has 104 valence electrons. The Kier molecular flexibility index (Phi) is 4.48. The maximum Gasteiger partial charge on any atom is 0.170 e. The molecule has 0 unspecified atom stereocenters. The number of hydrogen-bond acceptors (Lipinski definition) is 3. The van der Waals surface area contributed by atoms with Gasteiger partial charge in [-0.2, -0.15) is 0 Å². The first-order valence-electron chi connectivity index (χ1n) is 6.17. The van der Waals surface area contributed by atoms with Gasteiger partial charge in [-0.05, 0) is 36.2 Å². The Bertz CT molecular complexity index is 641. The van der Waals surface area contributed by atoms with Crippen molar-refractivity contribution in [3.05, 3.63) is 64.2 Å². The molecule has 2 aromatic carbocycles. The lowest BCUT2D eigenvalue weighted by molar-refractivity contribution is 0.318. The molecule has 0 bridgehead atoms. The molecule has 0 amide bonds. The van der Waals surface area contributed by atoms with Crippen LogP contribution in [0.15, 0.2) is 47.6 Å². The van der Waals surface area contributed by atoms with E-state index in [9.17, 15) is 0 Å². The molecule has 0 aromatic heterocycles. The highest BCUT2D eigenvalue weighted by Gasteiger charge is 2.03. The monoisotopic (exact) mass is 289 g/mol. The average molecular weight is 290 g/mol. The minimum atomic E-state index is 0.0974. The quantitative estimate of drug-likeness (QED) is 0.350. The molecular weight excluding hydrogens is 274 g/mol. The van der Waals surface area contributed by atoms with E-state index in [0.29, 0.717) is 17.1 Å². The lowest BCUT2D eigenvalue weighted by Crippen LogP contribution is -2.13. The molecule has 0 aliphatic heterocycles.